The Labute approximate surface area is 96.6 Å². The van der Waals surface area contributed by atoms with Crippen LogP contribution in [-0.4, -0.2) is 13.2 Å². The summed E-state index contributed by atoms with van der Waals surface area (Å²) < 4.78 is 5.67. The van der Waals surface area contributed by atoms with Gasteiger partial charge in [0.2, 0.25) is 0 Å². The molecule has 0 spiro atoms. The van der Waals surface area contributed by atoms with Crippen LogP contribution in [0.3, 0.4) is 0 Å². The van der Waals surface area contributed by atoms with E-state index in [0.717, 1.165) is 13.2 Å². The molecular weight excluding hydrogens is 184 g/mol. The fourth-order valence-electron chi connectivity index (χ4n) is 2.03. The zero-order chi connectivity index (χ0) is 12.3. The van der Waals surface area contributed by atoms with Crippen molar-refractivity contribution < 1.29 is 4.74 Å². The summed E-state index contributed by atoms with van der Waals surface area (Å²) >= 11 is 0. The van der Waals surface area contributed by atoms with Gasteiger partial charge < -0.3 is 4.74 Å². The normalized spacial score (nSPS) is 17.6. The minimum atomic E-state index is 0.251. The van der Waals surface area contributed by atoms with Gasteiger partial charge >= 0.3 is 0 Å². The van der Waals surface area contributed by atoms with Crippen LogP contribution in [-0.2, 0) is 4.74 Å². The van der Waals surface area contributed by atoms with E-state index in [4.69, 9.17) is 4.74 Å². The SMILES string of the molecule is CCOCC(C)(CC(C)(C)C)C(C)(C)C. The van der Waals surface area contributed by atoms with Crippen molar-refractivity contribution in [3.8, 4) is 0 Å². The molecule has 0 aromatic heterocycles. The Balaban J connectivity index is 4.71. The highest BCUT2D eigenvalue weighted by molar-refractivity contribution is 4.89. The molecule has 0 rings (SSSR count). The van der Waals surface area contributed by atoms with Crippen molar-refractivity contribution in [1.29, 1.82) is 0 Å². The minimum absolute atomic E-state index is 0.251. The number of hydrogen-bond acceptors (Lipinski definition) is 1. The predicted octanol–water partition coefficient (Wildman–Crippen LogP) is 4.51. The Hall–Kier alpha value is -0.0400. The Kier molecular flexibility index (Phi) is 4.85. The van der Waals surface area contributed by atoms with Crippen molar-refractivity contribution in [1.82, 2.24) is 0 Å². The minimum Gasteiger partial charge on any atom is -0.381 e. The molecule has 0 aromatic rings. The highest BCUT2D eigenvalue weighted by Gasteiger charge is 2.40. The van der Waals surface area contributed by atoms with Gasteiger partial charge in [-0.05, 0) is 29.6 Å². The van der Waals surface area contributed by atoms with Crippen LogP contribution in [0, 0.1) is 16.2 Å². The van der Waals surface area contributed by atoms with E-state index < -0.39 is 0 Å². The van der Waals surface area contributed by atoms with Crippen LogP contribution in [0.5, 0.6) is 0 Å². The van der Waals surface area contributed by atoms with Crippen molar-refractivity contribution in [2.24, 2.45) is 16.2 Å². The molecule has 0 aliphatic carbocycles. The zero-order valence-corrected chi connectivity index (χ0v) is 12.0. The summed E-state index contributed by atoms with van der Waals surface area (Å²) in [5.41, 5.74) is 0.899. The molecule has 0 saturated carbocycles. The maximum atomic E-state index is 5.67. The van der Waals surface area contributed by atoms with Crippen LogP contribution in [0.1, 0.15) is 61.8 Å². The van der Waals surface area contributed by atoms with Crippen LogP contribution < -0.4 is 0 Å². The molecule has 0 aliphatic heterocycles. The maximum Gasteiger partial charge on any atom is 0.0524 e. The summed E-state index contributed by atoms with van der Waals surface area (Å²) in [6, 6.07) is 0. The first-order chi connectivity index (χ1) is 6.52. The fourth-order valence-corrected chi connectivity index (χ4v) is 2.03. The van der Waals surface area contributed by atoms with Gasteiger partial charge in [-0.15, -0.1) is 0 Å². The van der Waals surface area contributed by atoms with Gasteiger partial charge in [0, 0.05) is 6.61 Å². The first kappa shape index (κ1) is 15.0. The van der Waals surface area contributed by atoms with E-state index in [-0.39, 0.29) is 10.8 Å². The molecule has 1 heteroatoms. The molecule has 0 N–H and O–H groups in total. The lowest BCUT2D eigenvalue weighted by molar-refractivity contribution is -0.0349. The Morgan fingerprint density at radius 2 is 1.33 bits per heavy atom. The molecule has 0 heterocycles. The van der Waals surface area contributed by atoms with E-state index in [1.54, 1.807) is 0 Å². The molecule has 92 valence electrons. The molecular formula is C14H30O. The Morgan fingerprint density at radius 1 is 0.867 bits per heavy atom. The van der Waals surface area contributed by atoms with Gasteiger partial charge in [-0.1, -0.05) is 48.5 Å². The van der Waals surface area contributed by atoms with E-state index in [0.29, 0.717) is 5.41 Å². The van der Waals surface area contributed by atoms with Gasteiger partial charge in [0.1, 0.15) is 0 Å². The zero-order valence-electron chi connectivity index (χ0n) is 12.0. The highest BCUT2D eigenvalue weighted by atomic mass is 16.5. The van der Waals surface area contributed by atoms with Crippen molar-refractivity contribution in [2.45, 2.75) is 61.8 Å². The Bertz CT molecular complexity index is 182. The van der Waals surface area contributed by atoms with Crippen LogP contribution >= 0.6 is 0 Å². The third-order valence-electron chi connectivity index (χ3n) is 3.36. The molecule has 0 fully saturated rings. The topological polar surface area (TPSA) is 9.23 Å². The summed E-state index contributed by atoms with van der Waals surface area (Å²) in [6.45, 7) is 20.0. The van der Waals surface area contributed by atoms with Crippen molar-refractivity contribution >= 4 is 0 Å². The highest BCUT2D eigenvalue weighted by Crippen LogP contribution is 2.46. The average Bonchev–Trinajstić information content (AvgIpc) is 1.95. The van der Waals surface area contributed by atoms with Gasteiger partial charge in [0.05, 0.1) is 6.61 Å². The second kappa shape index (κ2) is 4.86. The fraction of sp³-hybridized carbons (Fsp3) is 1.00. The number of ether oxygens (including phenoxy) is 1. The van der Waals surface area contributed by atoms with Gasteiger partial charge in [-0.25, -0.2) is 0 Å². The molecule has 0 saturated heterocycles. The van der Waals surface area contributed by atoms with E-state index in [9.17, 15) is 0 Å². The summed E-state index contributed by atoms with van der Waals surface area (Å²) in [5, 5.41) is 0. The lowest BCUT2D eigenvalue weighted by atomic mass is 9.62. The van der Waals surface area contributed by atoms with Crippen LogP contribution in [0.15, 0.2) is 0 Å². The van der Waals surface area contributed by atoms with Crippen molar-refractivity contribution in [3.63, 3.8) is 0 Å². The molecule has 0 bridgehead atoms. The summed E-state index contributed by atoms with van der Waals surface area (Å²) in [4.78, 5) is 0. The second-order valence-electron chi connectivity index (χ2n) is 7.19. The van der Waals surface area contributed by atoms with E-state index in [1.807, 2.05) is 0 Å². The molecule has 1 nitrogen and oxygen atoms in total. The standard InChI is InChI=1S/C14H30O/c1-9-15-11-14(8,13(5,6)7)10-12(2,3)4/h9-11H2,1-8H3. The van der Waals surface area contributed by atoms with Gasteiger partial charge in [0.15, 0.2) is 0 Å². The van der Waals surface area contributed by atoms with E-state index >= 15 is 0 Å². The lowest BCUT2D eigenvalue weighted by Gasteiger charge is -2.45. The van der Waals surface area contributed by atoms with Crippen molar-refractivity contribution in [3.05, 3.63) is 0 Å². The third kappa shape index (κ3) is 5.01. The first-order valence-corrected chi connectivity index (χ1v) is 6.10. The lowest BCUT2D eigenvalue weighted by Crippen LogP contribution is -2.40. The summed E-state index contributed by atoms with van der Waals surface area (Å²) in [7, 11) is 0. The number of rotatable bonds is 4. The molecule has 0 amide bonds. The largest absolute Gasteiger partial charge is 0.381 e. The van der Waals surface area contributed by atoms with Crippen LogP contribution in [0.25, 0.3) is 0 Å². The molecule has 0 radical (unpaired) electrons. The Morgan fingerprint density at radius 3 is 1.60 bits per heavy atom. The van der Waals surface area contributed by atoms with Gasteiger partial charge in [0.25, 0.3) is 0 Å². The first-order valence-electron chi connectivity index (χ1n) is 6.10. The molecule has 0 aromatic carbocycles. The quantitative estimate of drug-likeness (QED) is 0.669. The van der Waals surface area contributed by atoms with Crippen LogP contribution in [0.4, 0.5) is 0 Å². The summed E-state index contributed by atoms with van der Waals surface area (Å²) in [5.74, 6) is 0. The maximum absolute atomic E-state index is 5.67. The van der Waals surface area contributed by atoms with Gasteiger partial charge in [-0.3, -0.25) is 0 Å². The van der Waals surface area contributed by atoms with Gasteiger partial charge in [-0.2, -0.15) is 0 Å². The number of hydrogen-bond donors (Lipinski definition) is 0. The van der Waals surface area contributed by atoms with E-state index in [1.165, 1.54) is 6.42 Å². The monoisotopic (exact) mass is 214 g/mol. The third-order valence-corrected chi connectivity index (χ3v) is 3.36. The molecule has 15 heavy (non-hydrogen) atoms. The van der Waals surface area contributed by atoms with E-state index in [2.05, 4.69) is 55.4 Å². The smallest absolute Gasteiger partial charge is 0.0524 e. The summed E-state index contributed by atoms with van der Waals surface area (Å²) in [6.07, 6.45) is 1.20. The second-order valence-corrected chi connectivity index (χ2v) is 7.19. The van der Waals surface area contributed by atoms with Crippen LogP contribution in [0.2, 0.25) is 0 Å². The molecule has 0 aliphatic rings. The predicted molar refractivity (Wildman–Crippen MR) is 68.1 cm³/mol. The average molecular weight is 214 g/mol. The molecule has 1 atom stereocenters. The molecule has 1 unspecified atom stereocenters. The van der Waals surface area contributed by atoms with Crippen molar-refractivity contribution in [2.75, 3.05) is 13.2 Å².